The first-order valence-corrected chi connectivity index (χ1v) is 5.71. The normalized spacial score (nSPS) is 10.2. The molecule has 0 amide bonds. The monoisotopic (exact) mass is 278 g/mol. The Morgan fingerprint density at radius 2 is 1.90 bits per heavy atom. The van der Waals surface area contributed by atoms with Crippen LogP contribution < -0.4 is 11.1 Å². The molecule has 2 aromatic carbocycles. The molecule has 6 heteroatoms. The summed E-state index contributed by atoms with van der Waals surface area (Å²) in [7, 11) is 1.27. The van der Waals surface area contributed by atoms with E-state index in [1.807, 2.05) is 0 Å². The van der Waals surface area contributed by atoms with Crippen LogP contribution in [-0.4, -0.2) is 13.1 Å². The molecule has 0 aliphatic heterocycles. The van der Waals surface area contributed by atoms with Crippen LogP contribution in [0.5, 0.6) is 0 Å². The number of hydrogen-bond donors (Lipinski definition) is 2. The largest absolute Gasteiger partial charge is 0.465 e. The maximum atomic E-state index is 13.1. The highest BCUT2D eigenvalue weighted by Crippen LogP contribution is 2.25. The zero-order chi connectivity index (χ0) is 14.7. The van der Waals surface area contributed by atoms with Gasteiger partial charge in [0.15, 0.2) is 11.6 Å². The summed E-state index contributed by atoms with van der Waals surface area (Å²) in [6, 6.07) is 7.92. The quantitative estimate of drug-likeness (QED) is 0.669. The smallest absolute Gasteiger partial charge is 0.337 e. The second kappa shape index (κ2) is 5.56. The van der Waals surface area contributed by atoms with Gasteiger partial charge in [-0.3, -0.25) is 0 Å². The van der Waals surface area contributed by atoms with Crippen molar-refractivity contribution in [2.75, 3.05) is 18.2 Å². The molecule has 0 saturated heterocycles. The number of nitrogens with two attached hydrogens (primary N) is 1. The summed E-state index contributed by atoms with van der Waals surface area (Å²) in [5.74, 6) is -2.39. The van der Waals surface area contributed by atoms with E-state index < -0.39 is 17.6 Å². The van der Waals surface area contributed by atoms with E-state index in [2.05, 4.69) is 10.1 Å². The summed E-state index contributed by atoms with van der Waals surface area (Å²) in [5.41, 5.74) is 7.21. The number of benzene rings is 2. The Kier molecular flexibility index (Phi) is 3.84. The molecule has 0 spiro atoms. The van der Waals surface area contributed by atoms with Crippen LogP contribution in [0.25, 0.3) is 0 Å². The molecule has 0 heterocycles. The van der Waals surface area contributed by atoms with Gasteiger partial charge in [-0.15, -0.1) is 0 Å². The van der Waals surface area contributed by atoms with Crippen LogP contribution in [0.15, 0.2) is 36.4 Å². The maximum Gasteiger partial charge on any atom is 0.337 e. The summed E-state index contributed by atoms with van der Waals surface area (Å²) in [4.78, 5) is 11.3. The predicted molar refractivity (Wildman–Crippen MR) is 71.8 cm³/mol. The van der Waals surface area contributed by atoms with E-state index in [-0.39, 0.29) is 5.69 Å². The predicted octanol–water partition coefficient (Wildman–Crippen LogP) is 3.08. The topological polar surface area (TPSA) is 64.3 Å². The van der Waals surface area contributed by atoms with Crippen molar-refractivity contribution in [2.45, 2.75) is 0 Å². The van der Waals surface area contributed by atoms with Crippen LogP contribution in [0.1, 0.15) is 10.4 Å². The molecule has 0 aliphatic rings. The molecule has 0 bridgehead atoms. The Morgan fingerprint density at radius 1 is 1.15 bits per heavy atom. The van der Waals surface area contributed by atoms with Crippen molar-refractivity contribution in [1.82, 2.24) is 0 Å². The third-order valence-electron chi connectivity index (χ3n) is 2.67. The average molecular weight is 278 g/mol. The number of anilines is 3. The maximum absolute atomic E-state index is 13.1. The summed E-state index contributed by atoms with van der Waals surface area (Å²) in [5, 5.41) is 2.84. The third-order valence-corrected chi connectivity index (χ3v) is 2.67. The van der Waals surface area contributed by atoms with Gasteiger partial charge in [0.25, 0.3) is 0 Å². The molecule has 4 nitrogen and oxygen atoms in total. The van der Waals surface area contributed by atoms with Crippen molar-refractivity contribution < 1.29 is 18.3 Å². The number of ether oxygens (including phenoxy) is 1. The Balaban J connectivity index is 2.25. The first-order chi connectivity index (χ1) is 9.51. The number of carbonyl (C=O) groups excluding carboxylic acids is 1. The van der Waals surface area contributed by atoms with Gasteiger partial charge >= 0.3 is 5.97 Å². The van der Waals surface area contributed by atoms with Gasteiger partial charge < -0.3 is 15.8 Å². The lowest BCUT2D eigenvalue weighted by Crippen LogP contribution is -2.04. The van der Waals surface area contributed by atoms with Crippen LogP contribution in [-0.2, 0) is 4.74 Å². The SMILES string of the molecule is COC(=O)c1ccc(Nc2ccc(F)c(F)c2)c(N)c1. The third kappa shape index (κ3) is 2.85. The van der Waals surface area contributed by atoms with Gasteiger partial charge in [-0.05, 0) is 30.3 Å². The summed E-state index contributed by atoms with van der Waals surface area (Å²) < 4.78 is 30.5. The van der Waals surface area contributed by atoms with Crippen molar-refractivity contribution in [3.8, 4) is 0 Å². The van der Waals surface area contributed by atoms with E-state index in [1.165, 1.54) is 25.3 Å². The number of rotatable bonds is 3. The minimum absolute atomic E-state index is 0.289. The fourth-order valence-electron chi connectivity index (χ4n) is 1.65. The van der Waals surface area contributed by atoms with E-state index in [0.717, 1.165) is 12.1 Å². The lowest BCUT2D eigenvalue weighted by Gasteiger charge is -2.10. The molecule has 3 N–H and O–H groups in total. The molecule has 0 saturated carbocycles. The van der Waals surface area contributed by atoms with Gasteiger partial charge in [0.2, 0.25) is 0 Å². The average Bonchev–Trinajstić information content (AvgIpc) is 2.44. The Bertz CT molecular complexity index is 660. The Morgan fingerprint density at radius 3 is 2.50 bits per heavy atom. The number of hydrogen-bond acceptors (Lipinski definition) is 4. The van der Waals surface area contributed by atoms with Crippen LogP contribution in [0, 0.1) is 11.6 Å². The van der Waals surface area contributed by atoms with Crippen LogP contribution >= 0.6 is 0 Å². The molecule has 0 radical (unpaired) electrons. The van der Waals surface area contributed by atoms with E-state index in [0.29, 0.717) is 16.9 Å². The standard InChI is InChI=1S/C14H12F2N2O2/c1-20-14(19)8-2-5-13(12(17)6-8)18-9-3-4-10(15)11(16)7-9/h2-7,18H,17H2,1H3. The highest BCUT2D eigenvalue weighted by Gasteiger charge is 2.09. The Hall–Kier alpha value is -2.63. The van der Waals surface area contributed by atoms with Crippen LogP contribution in [0.4, 0.5) is 25.8 Å². The lowest BCUT2D eigenvalue weighted by molar-refractivity contribution is 0.0601. The van der Waals surface area contributed by atoms with Crippen LogP contribution in [0.3, 0.4) is 0 Å². The summed E-state index contributed by atoms with van der Waals surface area (Å²) in [6.45, 7) is 0. The lowest BCUT2D eigenvalue weighted by atomic mass is 10.1. The second-order valence-corrected chi connectivity index (χ2v) is 4.05. The zero-order valence-electron chi connectivity index (χ0n) is 10.6. The molecule has 104 valence electrons. The number of nitrogens with one attached hydrogen (secondary N) is 1. The van der Waals surface area contributed by atoms with Crippen molar-refractivity contribution in [2.24, 2.45) is 0 Å². The number of carbonyl (C=O) groups is 1. The van der Waals surface area contributed by atoms with Gasteiger partial charge in [-0.2, -0.15) is 0 Å². The zero-order valence-corrected chi connectivity index (χ0v) is 10.6. The summed E-state index contributed by atoms with van der Waals surface area (Å²) in [6.07, 6.45) is 0. The highest BCUT2D eigenvalue weighted by molar-refractivity contribution is 5.92. The van der Waals surface area contributed by atoms with E-state index in [9.17, 15) is 13.6 Å². The molecule has 0 aliphatic carbocycles. The van der Waals surface area contributed by atoms with Gasteiger partial charge in [0, 0.05) is 11.8 Å². The molecule has 2 rings (SSSR count). The van der Waals surface area contributed by atoms with E-state index in [1.54, 1.807) is 6.07 Å². The van der Waals surface area contributed by atoms with Crippen molar-refractivity contribution in [3.63, 3.8) is 0 Å². The number of methoxy groups -OCH3 is 1. The van der Waals surface area contributed by atoms with E-state index >= 15 is 0 Å². The Labute approximate surface area is 114 Å². The van der Waals surface area contributed by atoms with E-state index in [4.69, 9.17) is 5.73 Å². The highest BCUT2D eigenvalue weighted by atomic mass is 19.2. The number of nitrogen functional groups attached to an aromatic ring is 1. The van der Waals surface area contributed by atoms with Crippen molar-refractivity contribution in [3.05, 3.63) is 53.6 Å². The van der Waals surface area contributed by atoms with Crippen LogP contribution in [0.2, 0.25) is 0 Å². The molecule has 0 unspecified atom stereocenters. The first kappa shape index (κ1) is 13.8. The molecular formula is C14H12F2N2O2. The van der Waals surface area contributed by atoms with Gasteiger partial charge in [0.05, 0.1) is 24.0 Å². The van der Waals surface area contributed by atoms with Gasteiger partial charge in [-0.1, -0.05) is 0 Å². The minimum atomic E-state index is -0.959. The molecule has 20 heavy (non-hydrogen) atoms. The number of halogens is 2. The molecule has 2 aromatic rings. The fraction of sp³-hybridized carbons (Fsp3) is 0.0714. The first-order valence-electron chi connectivity index (χ1n) is 5.71. The van der Waals surface area contributed by atoms with Crippen molar-refractivity contribution in [1.29, 1.82) is 0 Å². The van der Waals surface area contributed by atoms with Gasteiger partial charge in [0.1, 0.15) is 0 Å². The molecule has 0 fully saturated rings. The molecule has 0 aromatic heterocycles. The second-order valence-electron chi connectivity index (χ2n) is 4.05. The van der Waals surface area contributed by atoms with Crippen molar-refractivity contribution >= 4 is 23.0 Å². The summed E-state index contributed by atoms with van der Waals surface area (Å²) >= 11 is 0. The fourth-order valence-corrected chi connectivity index (χ4v) is 1.65. The minimum Gasteiger partial charge on any atom is -0.465 e. The number of esters is 1. The molecule has 0 atom stereocenters. The molecular weight excluding hydrogens is 266 g/mol. The van der Waals surface area contributed by atoms with Gasteiger partial charge in [-0.25, -0.2) is 13.6 Å².